The Labute approximate surface area is 134 Å². The molecule has 1 amide bonds. The first-order chi connectivity index (χ1) is 11.1. The maximum Gasteiger partial charge on any atom is 0.259 e. The molecule has 0 bridgehead atoms. The number of ether oxygens (including phenoxy) is 2. The smallest absolute Gasteiger partial charge is 0.259 e. The number of amides is 1. The first kappa shape index (κ1) is 15.3. The molecule has 1 aromatic carbocycles. The molecule has 3 rings (SSSR count). The number of hydrogen-bond donors (Lipinski definition) is 1. The minimum atomic E-state index is -0.256. The van der Waals surface area contributed by atoms with E-state index in [1.807, 2.05) is 6.92 Å². The summed E-state index contributed by atoms with van der Waals surface area (Å²) in [6, 6.07) is 5.22. The summed E-state index contributed by atoms with van der Waals surface area (Å²) in [5.74, 6) is 2.24. The lowest BCUT2D eigenvalue weighted by Gasteiger charge is -2.12. The lowest BCUT2D eigenvalue weighted by atomic mass is 10.2. The van der Waals surface area contributed by atoms with Crippen molar-refractivity contribution in [3.63, 3.8) is 0 Å². The van der Waals surface area contributed by atoms with Crippen LogP contribution in [0.2, 0.25) is 0 Å². The lowest BCUT2D eigenvalue weighted by molar-refractivity contribution is 0.102. The summed E-state index contributed by atoms with van der Waals surface area (Å²) in [5, 5.41) is 2.83. The highest BCUT2D eigenvalue weighted by atomic mass is 16.5. The van der Waals surface area contributed by atoms with Crippen molar-refractivity contribution < 1.29 is 14.3 Å². The van der Waals surface area contributed by atoms with Crippen LogP contribution in [-0.2, 0) is 0 Å². The van der Waals surface area contributed by atoms with Gasteiger partial charge in [-0.3, -0.25) is 4.79 Å². The summed E-state index contributed by atoms with van der Waals surface area (Å²) >= 11 is 0. The molecule has 1 aromatic heterocycles. The van der Waals surface area contributed by atoms with Gasteiger partial charge in [-0.1, -0.05) is 0 Å². The van der Waals surface area contributed by atoms with Gasteiger partial charge in [0.1, 0.15) is 17.3 Å². The Hall–Kier alpha value is -2.63. The Morgan fingerprint density at radius 3 is 2.65 bits per heavy atom. The van der Waals surface area contributed by atoms with E-state index in [0.717, 1.165) is 18.7 Å². The van der Waals surface area contributed by atoms with Crippen LogP contribution >= 0.6 is 0 Å². The Morgan fingerprint density at radius 2 is 2.04 bits per heavy atom. The van der Waals surface area contributed by atoms with Crippen molar-refractivity contribution >= 4 is 11.6 Å². The van der Waals surface area contributed by atoms with Crippen molar-refractivity contribution in [3.05, 3.63) is 41.5 Å². The predicted molar refractivity (Wildman–Crippen MR) is 86.2 cm³/mol. The Bertz CT molecular complexity index is 742. The number of rotatable bonds is 5. The molecule has 0 atom stereocenters. The van der Waals surface area contributed by atoms with E-state index in [1.54, 1.807) is 38.6 Å². The molecule has 0 saturated heterocycles. The van der Waals surface area contributed by atoms with Gasteiger partial charge >= 0.3 is 0 Å². The zero-order valence-corrected chi connectivity index (χ0v) is 13.4. The quantitative estimate of drug-likeness (QED) is 0.918. The maximum absolute atomic E-state index is 12.5. The van der Waals surface area contributed by atoms with Crippen LogP contribution in [0.3, 0.4) is 0 Å². The molecular formula is C17H19N3O3. The van der Waals surface area contributed by atoms with Crippen LogP contribution in [0.5, 0.6) is 11.5 Å². The molecule has 0 unspecified atom stereocenters. The molecule has 6 nitrogen and oxygen atoms in total. The number of nitrogens with zero attached hydrogens (tertiary/aromatic N) is 2. The van der Waals surface area contributed by atoms with Gasteiger partial charge < -0.3 is 14.8 Å². The number of aryl methyl sites for hydroxylation is 1. The van der Waals surface area contributed by atoms with Gasteiger partial charge in [0.25, 0.3) is 5.91 Å². The third kappa shape index (κ3) is 3.26. The van der Waals surface area contributed by atoms with Crippen LogP contribution in [0.25, 0.3) is 0 Å². The lowest BCUT2D eigenvalue weighted by Crippen LogP contribution is -2.16. The number of anilines is 1. The summed E-state index contributed by atoms with van der Waals surface area (Å²) in [4.78, 5) is 21.2. The SMILES string of the molecule is COc1ccc(NC(=O)c2cnc(C3CC3)nc2C)c(OC)c1. The third-order valence-electron chi connectivity index (χ3n) is 3.84. The summed E-state index contributed by atoms with van der Waals surface area (Å²) in [6.45, 7) is 1.83. The molecule has 1 aliphatic rings. The fourth-order valence-corrected chi connectivity index (χ4v) is 2.34. The number of carbonyl (C=O) groups is 1. The number of carbonyl (C=O) groups excluding carboxylic acids is 1. The largest absolute Gasteiger partial charge is 0.497 e. The van der Waals surface area contributed by atoms with Crippen LogP contribution in [0, 0.1) is 6.92 Å². The minimum absolute atomic E-state index is 0.256. The second-order valence-electron chi connectivity index (χ2n) is 5.52. The number of nitrogens with one attached hydrogen (secondary N) is 1. The zero-order chi connectivity index (χ0) is 16.4. The van der Waals surface area contributed by atoms with Crippen LogP contribution < -0.4 is 14.8 Å². The van der Waals surface area contributed by atoms with E-state index in [-0.39, 0.29) is 5.91 Å². The molecule has 0 spiro atoms. The summed E-state index contributed by atoms with van der Waals surface area (Å²) in [7, 11) is 3.12. The normalized spacial score (nSPS) is 13.5. The van der Waals surface area contributed by atoms with Crippen molar-refractivity contribution in [2.24, 2.45) is 0 Å². The van der Waals surface area contributed by atoms with Gasteiger partial charge in [-0.25, -0.2) is 9.97 Å². The predicted octanol–water partition coefficient (Wildman–Crippen LogP) is 2.93. The molecular weight excluding hydrogens is 294 g/mol. The molecule has 120 valence electrons. The molecule has 0 radical (unpaired) electrons. The van der Waals surface area contributed by atoms with Crippen molar-refractivity contribution in [2.75, 3.05) is 19.5 Å². The van der Waals surface area contributed by atoms with Crippen molar-refractivity contribution in [3.8, 4) is 11.5 Å². The van der Waals surface area contributed by atoms with Gasteiger partial charge in [0, 0.05) is 18.2 Å². The van der Waals surface area contributed by atoms with Crippen LogP contribution in [0.15, 0.2) is 24.4 Å². The number of benzene rings is 1. The van der Waals surface area contributed by atoms with Crippen molar-refractivity contribution in [1.29, 1.82) is 0 Å². The van der Waals surface area contributed by atoms with Crippen LogP contribution in [0.4, 0.5) is 5.69 Å². The molecule has 1 heterocycles. The van der Waals surface area contributed by atoms with Crippen molar-refractivity contribution in [1.82, 2.24) is 9.97 Å². The summed E-state index contributed by atoms with van der Waals surface area (Å²) in [6.07, 6.45) is 3.86. The highest BCUT2D eigenvalue weighted by Crippen LogP contribution is 2.38. The van der Waals surface area contributed by atoms with E-state index < -0.39 is 0 Å². The molecule has 0 aliphatic heterocycles. The first-order valence-corrected chi connectivity index (χ1v) is 7.49. The van der Waals surface area contributed by atoms with Gasteiger partial charge in [0.05, 0.1) is 31.2 Å². The highest BCUT2D eigenvalue weighted by molar-refractivity contribution is 6.05. The third-order valence-corrected chi connectivity index (χ3v) is 3.84. The van der Waals surface area contributed by atoms with E-state index >= 15 is 0 Å². The van der Waals surface area contributed by atoms with Crippen molar-refractivity contribution in [2.45, 2.75) is 25.7 Å². The van der Waals surface area contributed by atoms with E-state index in [2.05, 4.69) is 15.3 Å². The second-order valence-corrected chi connectivity index (χ2v) is 5.52. The second kappa shape index (κ2) is 6.24. The molecule has 2 aromatic rings. The van der Waals surface area contributed by atoms with Gasteiger partial charge in [-0.15, -0.1) is 0 Å². The summed E-state index contributed by atoms with van der Waals surface area (Å²) < 4.78 is 10.4. The average molecular weight is 313 g/mol. The van der Waals surface area contributed by atoms with Gasteiger partial charge in [-0.2, -0.15) is 0 Å². The Balaban J connectivity index is 1.81. The maximum atomic E-state index is 12.5. The van der Waals surface area contributed by atoms with E-state index in [9.17, 15) is 4.79 Å². The van der Waals surface area contributed by atoms with Gasteiger partial charge in [-0.05, 0) is 31.9 Å². The number of methoxy groups -OCH3 is 2. The monoisotopic (exact) mass is 313 g/mol. The average Bonchev–Trinajstić information content (AvgIpc) is 3.39. The van der Waals surface area contributed by atoms with Crippen LogP contribution in [-0.4, -0.2) is 30.1 Å². The minimum Gasteiger partial charge on any atom is -0.497 e. The number of hydrogen-bond acceptors (Lipinski definition) is 5. The molecule has 1 N–H and O–H groups in total. The summed E-state index contributed by atoms with van der Waals surface area (Å²) in [5.41, 5.74) is 1.73. The first-order valence-electron chi connectivity index (χ1n) is 7.49. The molecule has 1 aliphatic carbocycles. The molecule has 1 fully saturated rings. The Morgan fingerprint density at radius 1 is 1.26 bits per heavy atom. The highest BCUT2D eigenvalue weighted by Gasteiger charge is 2.27. The van der Waals surface area contributed by atoms with E-state index in [4.69, 9.17) is 9.47 Å². The van der Waals surface area contributed by atoms with Gasteiger partial charge in [0.2, 0.25) is 0 Å². The van der Waals surface area contributed by atoms with Crippen LogP contribution in [0.1, 0.15) is 40.6 Å². The fraction of sp³-hybridized carbons (Fsp3) is 0.353. The molecule has 6 heteroatoms. The fourth-order valence-electron chi connectivity index (χ4n) is 2.34. The number of aromatic nitrogens is 2. The zero-order valence-electron chi connectivity index (χ0n) is 13.4. The standard InChI is InChI=1S/C17H19N3O3/c1-10-13(9-18-16(19-10)11-4-5-11)17(21)20-14-7-6-12(22-2)8-15(14)23-3/h6-9,11H,4-5H2,1-3H3,(H,20,21). The van der Waals surface area contributed by atoms with E-state index in [0.29, 0.717) is 34.4 Å². The topological polar surface area (TPSA) is 73.3 Å². The van der Waals surface area contributed by atoms with Gasteiger partial charge in [0.15, 0.2) is 0 Å². The Kier molecular flexibility index (Phi) is 4.14. The van der Waals surface area contributed by atoms with E-state index in [1.165, 1.54) is 0 Å². The molecule has 23 heavy (non-hydrogen) atoms. The molecule has 1 saturated carbocycles.